The van der Waals surface area contributed by atoms with Crippen LogP contribution >= 0.6 is 23.5 Å². The summed E-state index contributed by atoms with van der Waals surface area (Å²) in [6.45, 7) is 0.537. The summed E-state index contributed by atoms with van der Waals surface area (Å²) in [5, 5.41) is 3.07. The highest BCUT2D eigenvalue weighted by Crippen LogP contribution is 2.45. The minimum Gasteiger partial charge on any atom is -0.497 e. The van der Waals surface area contributed by atoms with E-state index in [0.717, 1.165) is 11.3 Å². The Bertz CT molecular complexity index is 759. The molecule has 2 aromatic rings. The van der Waals surface area contributed by atoms with Crippen molar-refractivity contribution in [1.29, 1.82) is 0 Å². The van der Waals surface area contributed by atoms with E-state index in [1.807, 2.05) is 68.0 Å². The van der Waals surface area contributed by atoms with Crippen LogP contribution in [0, 0.1) is 0 Å². The fourth-order valence-electron chi connectivity index (χ4n) is 3.08. The zero-order chi connectivity index (χ0) is 19.2. The van der Waals surface area contributed by atoms with Gasteiger partial charge in [0.05, 0.1) is 17.7 Å². The molecule has 3 rings (SSSR count). The lowest BCUT2D eigenvalue weighted by Gasteiger charge is -2.25. The molecule has 0 radical (unpaired) electrons. The van der Waals surface area contributed by atoms with Gasteiger partial charge in [-0.25, -0.2) is 0 Å². The summed E-state index contributed by atoms with van der Waals surface area (Å²) >= 11 is 3.95. The molecular formula is C21H26N2O2S2. The molecule has 0 aliphatic carbocycles. The van der Waals surface area contributed by atoms with Crippen LogP contribution in [0.15, 0.2) is 48.5 Å². The van der Waals surface area contributed by atoms with Gasteiger partial charge in [0.1, 0.15) is 5.75 Å². The van der Waals surface area contributed by atoms with Gasteiger partial charge in [-0.15, -0.1) is 23.5 Å². The lowest BCUT2D eigenvalue weighted by atomic mass is 10.1. The summed E-state index contributed by atoms with van der Waals surface area (Å²) < 4.78 is 5.83. The molecule has 0 bridgehead atoms. The van der Waals surface area contributed by atoms with Crippen LogP contribution in [0.5, 0.6) is 5.75 Å². The maximum Gasteiger partial charge on any atom is 0.251 e. The maximum atomic E-state index is 12.6. The van der Waals surface area contributed by atoms with Crippen LogP contribution in [0.2, 0.25) is 0 Å². The molecule has 1 N–H and O–H groups in total. The first-order valence-corrected chi connectivity index (χ1v) is 11.1. The molecule has 6 heteroatoms. The Kier molecular flexibility index (Phi) is 7.10. The van der Waals surface area contributed by atoms with Crippen LogP contribution in [0.3, 0.4) is 0 Å². The molecule has 0 aromatic heterocycles. The van der Waals surface area contributed by atoms with Crippen LogP contribution in [0.4, 0.5) is 0 Å². The Hall–Kier alpha value is -1.63. The fraction of sp³-hybridized carbons (Fsp3) is 0.381. The Morgan fingerprint density at radius 2 is 1.89 bits per heavy atom. The third-order valence-electron chi connectivity index (χ3n) is 4.62. The van der Waals surface area contributed by atoms with Crippen molar-refractivity contribution in [3.8, 4) is 5.75 Å². The number of thioether (sulfide) groups is 2. The number of amides is 1. The number of carbonyl (C=O) groups excluding carboxylic acids is 1. The molecular weight excluding hydrogens is 376 g/mol. The first kappa shape index (κ1) is 20.1. The third kappa shape index (κ3) is 5.21. The van der Waals surface area contributed by atoms with Crippen LogP contribution < -0.4 is 10.1 Å². The Balaban J connectivity index is 1.63. The zero-order valence-corrected chi connectivity index (χ0v) is 17.6. The average Bonchev–Trinajstić information content (AvgIpc) is 3.23. The van der Waals surface area contributed by atoms with Gasteiger partial charge >= 0.3 is 0 Å². The number of methoxy groups -OCH3 is 1. The lowest BCUT2D eigenvalue weighted by Crippen LogP contribution is -2.34. The molecule has 4 nitrogen and oxygen atoms in total. The molecule has 144 valence electrons. The smallest absolute Gasteiger partial charge is 0.251 e. The summed E-state index contributed by atoms with van der Waals surface area (Å²) in [5.74, 6) is 3.19. The molecule has 0 spiro atoms. The highest BCUT2D eigenvalue weighted by molar-refractivity contribution is 8.19. The quantitative estimate of drug-likeness (QED) is 0.751. The van der Waals surface area contributed by atoms with E-state index < -0.39 is 0 Å². The summed E-state index contributed by atoms with van der Waals surface area (Å²) in [5.41, 5.74) is 3.11. The Labute approximate surface area is 170 Å². The highest BCUT2D eigenvalue weighted by Gasteiger charge is 2.19. The van der Waals surface area contributed by atoms with Crippen LogP contribution in [0.25, 0.3) is 0 Å². The first-order valence-electron chi connectivity index (χ1n) is 9.00. The van der Waals surface area contributed by atoms with Crippen molar-refractivity contribution >= 4 is 29.4 Å². The van der Waals surface area contributed by atoms with Crippen molar-refractivity contribution in [3.05, 3.63) is 65.2 Å². The van der Waals surface area contributed by atoms with E-state index in [-0.39, 0.29) is 11.9 Å². The Morgan fingerprint density at radius 3 is 2.52 bits per heavy atom. The molecule has 0 saturated carbocycles. The fourth-order valence-corrected chi connectivity index (χ4v) is 5.94. The minimum atomic E-state index is -0.0389. The normalized spacial score (nSPS) is 15.7. The van der Waals surface area contributed by atoms with Gasteiger partial charge in [-0.05, 0) is 49.5 Å². The maximum absolute atomic E-state index is 12.6. The van der Waals surface area contributed by atoms with Gasteiger partial charge in [0, 0.05) is 23.6 Å². The predicted molar refractivity (Wildman–Crippen MR) is 116 cm³/mol. The van der Waals surface area contributed by atoms with E-state index >= 15 is 0 Å². The van der Waals surface area contributed by atoms with Gasteiger partial charge < -0.3 is 15.0 Å². The first-order chi connectivity index (χ1) is 13.1. The van der Waals surface area contributed by atoms with Gasteiger partial charge in [0.2, 0.25) is 0 Å². The number of likely N-dealkylation sites (N-methyl/N-ethyl adjacent to an activating group) is 1. The second kappa shape index (κ2) is 9.53. The van der Waals surface area contributed by atoms with E-state index in [2.05, 4.69) is 28.4 Å². The summed E-state index contributed by atoms with van der Waals surface area (Å²) in [6.07, 6.45) is 0. The number of nitrogens with one attached hydrogen (secondary N) is 1. The SMILES string of the molecule is COc1cccc([C@@H](CNC(=O)c2ccc(C3SCCS3)cc2)N(C)C)c1. The van der Waals surface area contributed by atoms with Crippen molar-refractivity contribution in [3.63, 3.8) is 0 Å². The largest absolute Gasteiger partial charge is 0.497 e. The van der Waals surface area contributed by atoms with Gasteiger partial charge in [-0.2, -0.15) is 0 Å². The second-order valence-electron chi connectivity index (χ2n) is 6.66. The summed E-state index contributed by atoms with van der Waals surface area (Å²) in [7, 11) is 5.70. The predicted octanol–water partition coefficient (Wildman–Crippen LogP) is 4.21. The number of ether oxygens (including phenoxy) is 1. The molecule has 1 atom stereocenters. The van der Waals surface area contributed by atoms with Crippen molar-refractivity contribution < 1.29 is 9.53 Å². The van der Waals surface area contributed by atoms with E-state index in [9.17, 15) is 4.79 Å². The average molecular weight is 403 g/mol. The number of hydrogen-bond donors (Lipinski definition) is 1. The van der Waals surface area contributed by atoms with Crippen molar-refractivity contribution in [2.24, 2.45) is 0 Å². The Morgan fingerprint density at radius 1 is 1.19 bits per heavy atom. The number of benzene rings is 2. The monoisotopic (exact) mass is 402 g/mol. The standard InChI is InChI=1S/C21H26N2O2S2/c1-23(2)19(17-5-4-6-18(13-17)25-3)14-22-20(24)15-7-9-16(10-8-15)21-26-11-12-27-21/h4-10,13,19,21H,11-12,14H2,1-3H3,(H,22,24)/t19-/m1/s1. The lowest BCUT2D eigenvalue weighted by molar-refractivity contribution is 0.0942. The minimum absolute atomic E-state index is 0.0389. The highest BCUT2D eigenvalue weighted by atomic mass is 32.2. The molecule has 1 heterocycles. The summed E-state index contributed by atoms with van der Waals surface area (Å²) in [4.78, 5) is 14.7. The molecule has 1 aliphatic heterocycles. The van der Waals surface area contributed by atoms with Crippen molar-refractivity contribution in [2.75, 3.05) is 39.3 Å². The zero-order valence-electron chi connectivity index (χ0n) is 16.0. The van der Waals surface area contributed by atoms with Crippen molar-refractivity contribution in [1.82, 2.24) is 10.2 Å². The van der Waals surface area contributed by atoms with Crippen LogP contribution in [-0.4, -0.2) is 50.1 Å². The number of rotatable bonds is 7. The number of hydrogen-bond acceptors (Lipinski definition) is 5. The third-order valence-corrected chi connectivity index (χ3v) is 7.73. The number of nitrogens with zero attached hydrogens (tertiary/aromatic N) is 1. The van der Waals surface area contributed by atoms with Gasteiger partial charge in [-0.1, -0.05) is 24.3 Å². The molecule has 0 unspecified atom stereocenters. The van der Waals surface area contributed by atoms with Gasteiger partial charge in [0.15, 0.2) is 0 Å². The van der Waals surface area contributed by atoms with E-state index in [1.165, 1.54) is 17.1 Å². The van der Waals surface area contributed by atoms with E-state index in [1.54, 1.807) is 7.11 Å². The molecule has 1 saturated heterocycles. The molecule has 1 amide bonds. The molecule has 1 fully saturated rings. The number of carbonyl (C=O) groups is 1. The topological polar surface area (TPSA) is 41.6 Å². The van der Waals surface area contributed by atoms with Crippen LogP contribution in [-0.2, 0) is 0 Å². The molecule has 2 aromatic carbocycles. The van der Waals surface area contributed by atoms with Gasteiger partial charge in [-0.3, -0.25) is 4.79 Å². The van der Waals surface area contributed by atoms with E-state index in [4.69, 9.17) is 4.74 Å². The second-order valence-corrected chi connectivity index (χ2v) is 9.39. The van der Waals surface area contributed by atoms with Crippen molar-refractivity contribution in [2.45, 2.75) is 10.6 Å². The van der Waals surface area contributed by atoms with E-state index in [0.29, 0.717) is 16.7 Å². The molecule has 1 aliphatic rings. The summed E-state index contributed by atoms with van der Waals surface area (Å²) in [6, 6.07) is 16.1. The van der Waals surface area contributed by atoms with Crippen LogP contribution in [0.1, 0.15) is 32.1 Å². The van der Waals surface area contributed by atoms with Gasteiger partial charge in [0.25, 0.3) is 5.91 Å². The molecule has 27 heavy (non-hydrogen) atoms.